The van der Waals surface area contributed by atoms with E-state index in [0.29, 0.717) is 6.54 Å². The molecule has 3 aromatic heterocycles. The molecule has 0 radical (unpaired) electrons. The fourth-order valence-corrected chi connectivity index (χ4v) is 3.55. The van der Waals surface area contributed by atoms with Crippen molar-refractivity contribution in [1.29, 1.82) is 5.26 Å². The van der Waals surface area contributed by atoms with Crippen molar-refractivity contribution in [3.63, 3.8) is 0 Å². The van der Waals surface area contributed by atoms with E-state index in [1.165, 1.54) is 0 Å². The first-order valence-electron chi connectivity index (χ1n) is 7.85. The van der Waals surface area contributed by atoms with Gasteiger partial charge in [0.25, 0.3) is 0 Å². The summed E-state index contributed by atoms with van der Waals surface area (Å²) in [6.07, 6.45) is 7.83. The maximum Gasteiger partial charge on any atom is 0.236 e. The molecule has 1 aliphatic rings. The van der Waals surface area contributed by atoms with Crippen LogP contribution in [0.3, 0.4) is 0 Å². The minimum absolute atomic E-state index is 0.0366. The van der Waals surface area contributed by atoms with Gasteiger partial charge in [-0.15, -0.1) is 0 Å². The van der Waals surface area contributed by atoms with E-state index >= 15 is 0 Å². The number of aromatic amines is 1. The number of amides is 1. The zero-order valence-electron chi connectivity index (χ0n) is 12.7. The lowest BCUT2D eigenvalue weighted by atomic mass is 10.0. The van der Waals surface area contributed by atoms with Crippen molar-refractivity contribution in [2.75, 3.05) is 13.1 Å². The van der Waals surface area contributed by atoms with Crippen LogP contribution in [0.1, 0.15) is 25.3 Å². The number of pyridine rings is 1. The van der Waals surface area contributed by atoms with Crippen molar-refractivity contribution >= 4 is 27.8 Å². The second-order valence-electron chi connectivity index (χ2n) is 6.00. The maximum atomic E-state index is 12.0. The van der Waals surface area contributed by atoms with Crippen molar-refractivity contribution in [3.05, 3.63) is 30.7 Å². The van der Waals surface area contributed by atoms with E-state index in [0.717, 1.165) is 41.3 Å². The third-order valence-corrected chi connectivity index (χ3v) is 4.63. The zero-order chi connectivity index (χ0) is 15.8. The summed E-state index contributed by atoms with van der Waals surface area (Å²) in [5, 5.41) is 11.0. The van der Waals surface area contributed by atoms with Crippen LogP contribution in [0.5, 0.6) is 0 Å². The monoisotopic (exact) mass is 307 g/mol. The number of nitrogens with zero attached hydrogens (tertiary/aromatic N) is 4. The van der Waals surface area contributed by atoms with E-state index in [4.69, 9.17) is 5.26 Å². The highest BCUT2D eigenvalue weighted by atomic mass is 16.2. The molecule has 1 N–H and O–H groups in total. The standard InChI is InChI=1S/C17H17N5O/c18-6-3-15(23)21-8-1-2-13(11-21)22-9-5-12-10-20-17-14(16(12)22)4-7-19-17/h4-5,7,9-10,13H,1-3,8,11H2,(H,19,20). The number of likely N-dealkylation sites (tertiary alicyclic amines) is 1. The van der Waals surface area contributed by atoms with Gasteiger partial charge in [0.1, 0.15) is 12.1 Å². The van der Waals surface area contributed by atoms with E-state index in [2.05, 4.69) is 26.8 Å². The van der Waals surface area contributed by atoms with Crippen molar-refractivity contribution in [2.45, 2.75) is 25.3 Å². The second kappa shape index (κ2) is 5.43. The van der Waals surface area contributed by atoms with Crippen molar-refractivity contribution in [3.8, 4) is 6.07 Å². The van der Waals surface area contributed by atoms with Crippen LogP contribution in [0.2, 0.25) is 0 Å². The van der Waals surface area contributed by atoms with Crippen LogP contribution < -0.4 is 0 Å². The first kappa shape index (κ1) is 13.8. The van der Waals surface area contributed by atoms with Gasteiger partial charge in [0.2, 0.25) is 5.91 Å². The Morgan fingerprint density at radius 1 is 1.48 bits per heavy atom. The molecule has 1 atom stereocenters. The summed E-state index contributed by atoms with van der Waals surface area (Å²) < 4.78 is 2.26. The average Bonchev–Trinajstić information content (AvgIpc) is 3.21. The van der Waals surface area contributed by atoms with Crippen LogP contribution in [0, 0.1) is 11.3 Å². The molecule has 3 aromatic rings. The molecule has 6 nitrogen and oxygen atoms in total. The molecule has 0 aromatic carbocycles. The maximum absolute atomic E-state index is 12.0. The Balaban J connectivity index is 1.72. The molecule has 0 spiro atoms. The fourth-order valence-electron chi connectivity index (χ4n) is 3.55. The van der Waals surface area contributed by atoms with Crippen molar-refractivity contribution in [2.24, 2.45) is 0 Å². The summed E-state index contributed by atoms with van der Waals surface area (Å²) in [5.74, 6) is -0.0675. The number of nitrogens with one attached hydrogen (secondary N) is 1. The summed E-state index contributed by atoms with van der Waals surface area (Å²) >= 11 is 0. The lowest BCUT2D eigenvalue weighted by Crippen LogP contribution is -2.40. The smallest absolute Gasteiger partial charge is 0.236 e. The van der Waals surface area contributed by atoms with Gasteiger partial charge in [-0.3, -0.25) is 4.79 Å². The first-order chi connectivity index (χ1) is 11.3. The first-order valence-corrected chi connectivity index (χ1v) is 7.85. The molecule has 0 aliphatic carbocycles. The highest BCUT2D eigenvalue weighted by Crippen LogP contribution is 2.30. The van der Waals surface area contributed by atoms with E-state index in [-0.39, 0.29) is 18.4 Å². The molecule has 4 rings (SSSR count). The number of piperidine rings is 1. The molecule has 1 unspecified atom stereocenters. The number of carbonyl (C=O) groups excluding carboxylic acids is 1. The molecule has 1 amide bonds. The summed E-state index contributed by atoms with van der Waals surface area (Å²) in [4.78, 5) is 21.4. The number of hydrogen-bond acceptors (Lipinski definition) is 3. The van der Waals surface area contributed by atoms with Gasteiger partial charge >= 0.3 is 0 Å². The van der Waals surface area contributed by atoms with Gasteiger partial charge in [-0.2, -0.15) is 5.26 Å². The Morgan fingerprint density at radius 2 is 2.39 bits per heavy atom. The number of nitriles is 1. The third-order valence-electron chi connectivity index (χ3n) is 4.63. The Labute approximate surface area is 133 Å². The van der Waals surface area contributed by atoms with Crippen LogP contribution in [0.4, 0.5) is 0 Å². The predicted molar refractivity (Wildman–Crippen MR) is 86.7 cm³/mol. The summed E-state index contributed by atoms with van der Waals surface area (Å²) in [6, 6.07) is 6.31. The molecule has 1 saturated heterocycles. The highest BCUT2D eigenvalue weighted by Gasteiger charge is 2.25. The van der Waals surface area contributed by atoms with Gasteiger partial charge in [-0.1, -0.05) is 0 Å². The minimum atomic E-state index is -0.0675. The van der Waals surface area contributed by atoms with Gasteiger partial charge in [0.15, 0.2) is 0 Å². The van der Waals surface area contributed by atoms with E-state index in [1.54, 1.807) is 0 Å². The molecule has 1 fully saturated rings. The number of rotatable bonds is 2. The Kier molecular flexibility index (Phi) is 3.27. The van der Waals surface area contributed by atoms with Crippen molar-refractivity contribution in [1.82, 2.24) is 19.4 Å². The van der Waals surface area contributed by atoms with Gasteiger partial charge in [0, 0.05) is 42.5 Å². The number of carbonyl (C=O) groups is 1. The van der Waals surface area contributed by atoms with Crippen LogP contribution in [-0.2, 0) is 4.79 Å². The van der Waals surface area contributed by atoms with Gasteiger partial charge < -0.3 is 14.5 Å². The molecular formula is C17H17N5O. The van der Waals surface area contributed by atoms with Crippen LogP contribution in [-0.4, -0.2) is 38.4 Å². The Hall–Kier alpha value is -2.81. The Bertz CT molecular complexity index is 916. The molecule has 116 valence electrons. The van der Waals surface area contributed by atoms with Crippen LogP contribution in [0.25, 0.3) is 21.9 Å². The molecule has 0 bridgehead atoms. The number of H-pyrrole nitrogens is 1. The summed E-state index contributed by atoms with van der Waals surface area (Å²) in [5.41, 5.74) is 2.04. The third kappa shape index (κ3) is 2.25. The number of hydrogen-bond donors (Lipinski definition) is 1. The van der Waals surface area contributed by atoms with E-state index in [1.807, 2.05) is 29.4 Å². The molecular weight excluding hydrogens is 290 g/mol. The van der Waals surface area contributed by atoms with Crippen molar-refractivity contribution < 1.29 is 4.79 Å². The highest BCUT2D eigenvalue weighted by molar-refractivity contribution is 6.02. The summed E-state index contributed by atoms with van der Waals surface area (Å²) in [7, 11) is 0. The SMILES string of the molecule is N#CCC(=O)N1CCCC(n2ccc3cnc4[nH]ccc4c32)C1. The number of aromatic nitrogens is 3. The second-order valence-corrected chi connectivity index (χ2v) is 6.00. The van der Waals surface area contributed by atoms with Gasteiger partial charge in [0.05, 0.1) is 17.6 Å². The van der Waals surface area contributed by atoms with Crippen LogP contribution >= 0.6 is 0 Å². The topological polar surface area (TPSA) is 77.7 Å². The normalized spacial score (nSPS) is 18.4. The molecule has 6 heteroatoms. The van der Waals surface area contributed by atoms with E-state index < -0.39 is 0 Å². The number of fused-ring (bicyclic) bond motifs is 3. The average molecular weight is 307 g/mol. The van der Waals surface area contributed by atoms with Gasteiger partial charge in [-0.05, 0) is 25.0 Å². The minimum Gasteiger partial charge on any atom is -0.346 e. The molecule has 4 heterocycles. The quantitative estimate of drug-likeness (QED) is 0.790. The lowest BCUT2D eigenvalue weighted by Gasteiger charge is -2.33. The fraction of sp³-hybridized carbons (Fsp3) is 0.353. The molecule has 23 heavy (non-hydrogen) atoms. The van der Waals surface area contributed by atoms with E-state index in [9.17, 15) is 4.79 Å². The molecule has 1 aliphatic heterocycles. The molecule has 0 saturated carbocycles. The van der Waals surface area contributed by atoms with Gasteiger partial charge in [-0.25, -0.2) is 4.98 Å². The zero-order valence-corrected chi connectivity index (χ0v) is 12.7. The largest absolute Gasteiger partial charge is 0.346 e. The summed E-state index contributed by atoms with van der Waals surface area (Å²) in [6.45, 7) is 1.41. The Morgan fingerprint density at radius 3 is 3.26 bits per heavy atom. The van der Waals surface area contributed by atoms with Crippen LogP contribution in [0.15, 0.2) is 30.7 Å². The lowest BCUT2D eigenvalue weighted by molar-refractivity contribution is -0.131. The predicted octanol–water partition coefficient (Wildman–Crippen LogP) is 2.59.